The van der Waals surface area contributed by atoms with Crippen molar-refractivity contribution in [3.05, 3.63) is 59.7 Å². The Labute approximate surface area is 238 Å². The van der Waals surface area contributed by atoms with Crippen LogP contribution in [-0.4, -0.2) is 73.2 Å². The minimum atomic E-state index is -4.52. The monoisotopic (exact) mass is 584 g/mol. The van der Waals surface area contributed by atoms with E-state index in [0.29, 0.717) is 5.82 Å². The van der Waals surface area contributed by atoms with Gasteiger partial charge in [0.05, 0.1) is 11.7 Å². The van der Waals surface area contributed by atoms with Gasteiger partial charge in [-0.2, -0.15) is 13.2 Å². The molecule has 3 unspecified atom stereocenters. The molecule has 220 valence electrons. The third-order valence-corrected chi connectivity index (χ3v) is 8.73. The molecule has 2 fully saturated rings. The fraction of sp³-hybridized carbons (Fsp3) is 0.448. The van der Waals surface area contributed by atoms with Crippen molar-refractivity contribution in [2.45, 2.75) is 38.5 Å². The van der Waals surface area contributed by atoms with Gasteiger partial charge in [-0.25, -0.2) is 28.7 Å². The van der Waals surface area contributed by atoms with Crippen LogP contribution in [0.1, 0.15) is 30.8 Å². The highest BCUT2D eigenvalue weighted by atomic mass is 19.4. The molecule has 0 radical (unpaired) electrons. The van der Waals surface area contributed by atoms with E-state index >= 15 is 4.39 Å². The summed E-state index contributed by atoms with van der Waals surface area (Å²) in [6, 6.07) is 4.27. The molecule has 4 aromatic rings. The van der Waals surface area contributed by atoms with E-state index in [9.17, 15) is 17.6 Å². The lowest BCUT2D eigenvalue weighted by Gasteiger charge is -2.20. The molecule has 8 nitrogen and oxygen atoms in total. The Kier molecular flexibility index (Phi) is 6.61. The smallest absolute Gasteiger partial charge is 0.316 e. The van der Waals surface area contributed by atoms with Crippen LogP contribution in [-0.2, 0) is 13.0 Å². The number of likely N-dealkylation sites (tertiary alicyclic amines) is 2. The number of nitrogens with one attached hydrogen (secondary N) is 1. The molecule has 42 heavy (non-hydrogen) atoms. The van der Waals surface area contributed by atoms with E-state index in [1.807, 2.05) is 6.07 Å². The molecule has 0 amide bonds. The summed E-state index contributed by atoms with van der Waals surface area (Å²) < 4.78 is 71.8. The van der Waals surface area contributed by atoms with Crippen molar-refractivity contribution >= 4 is 22.8 Å². The number of hydrogen-bond acceptors (Lipinski definition) is 7. The first-order chi connectivity index (χ1) is 20.2. The highest BCUT2D eigenvalue weighted by Gasteiger charge is 2.46. The van der Waals surface area contributed by atoms with E-state index in [4.69, 9.17) is 0 Å². The third-order valence-electron chi connectivity index (χ3n) is 8.73. The topological polar surface area (TPSA) is 75.0 Å². The molecule has 1 N–H and O–H groups in total. The van der Waals surface area contributed by atoms with E-state index in [-0.39, 0.29) is 46.9 Å². The van der Waals surface area contributed by atoms with Gasteiger partial charge in [0.25, 0.3) is 0 Å². The van der Waals surface area contributed by atoms with Gasteiger partial charge in [-0.15, -0.1) is 0 Å². The SMILES string of the molecule is CCN1CC2CN(Cc3ccc(Nc4ncc(F)c(-c5cc(F)c6nc7n(c6c5)C(C(F)(F)F)CC7)n4)nc3)CC2C1. The van der Waals surface area contributed by atoms with Gasteiger partial charge in [-0.05, 0) is 48.6 Å². The Morgan fingerprint density at radius 3 is 2.38 bits per heavy atom. The number of halogens is 5. The Hall–Kier alpha value is -3.71. The second-order valence-corrected chi connectivity index (χ2v) is 11.5. The first-order valence-electron chi connectivity index (χ1n) is 14.1. The zero-order chi connectivity index (χ0) is 29.2. The molecule has 1 aromatic carbocycles. The van der Waals surface area contributed by atoms with Crippen molar-refractivity contribution in [3.63, 3.8) is 0 Å². The summed E-state index contributed by atoms with van der Waals surface area (Å²) in [7, 11) is 0. The molecule has 2 saturated heterocycles. The lowest BCUT2D eigenvalue weighted by molar-refractivity contribution is -0.164. The number of pyridine rings is 1. The van der Waals surface area contributed by atoms with Crippen LogP contribution in [0.4, 0.5) is 33.7 Å². The number of hydrogen-bond donors (Lipinski definition) is 1. The van der Waals surface area contributed by atoms with E-state index in [1.54, 1.807) is 12.3 Å². The molecule has 13 heteroatoms. The molecule has 3 atom stereocenters. The van der Waals surface area contributed by atoms with Crippen LogP contribution >= 0.6 is 0 Å². The highest BCUT2D eigenvalue weighted by molar-refractivity contribution is 5.83. The highest BCUT2D eigenvalue weighted by Crippen LogP contribution is 2.42. The maximum absolute atomic E-state index is 15.0. The first kappa shape index (κ1) is 27.1. The predicted octanol–water partition coefficient (Wildman–Crippen LogP) is 5.34. The number of benzene rings is 1. The Morgan fingerprint density at radius 1 is 0.929 bits per heavy atom. The molecule has 0 spiro atoms. The number of nitrogens with zero attached hydrogens (tertiary/aromatic N) is 7. The van der Waals surface area contributed by atoms with Crippen molar-refractivity contribution in [2.75, 3.05) is 38.0 Å². The largest absolute Gasteiger partial charge is 0.409 e. The molecule has 3 aliphatic heterocycles. The fourth-order valence-corrected chi connectivity index (χ4v) is 6.74. The summed E-state index contributed by atoms with van der Waals surface area (Å²) in [5.41, 5.74) is 0.583. The molecule has 3 aromatic heterocycles. The summed E-state index contributed by atoms with van der Waals surface area (Å²) >= 11 is 0. The van der Waals surface area contributed by atoms with Crippen LogP contribution < -0.4 is 5.32 Å². The number of fused-ring (bicyclic) bond motifs is 4. The maximum Gasteiger partial charge on any atom is 0.409 e. The van der Waals surface area contributed by atoms with Crippen molar-refractivity contribution in [1.29, 1.82) is 0 Å². The summed E-state index contributed by atoms with van der Waals surface area (Å²) in [5.74, 6) is 0.368. The van der Waals surface area contributed by atoms with Gasteiger partial charge >= 0.3 is 6.18 Å². The predicted molar refractivity (Wildman–Crippen MR) is 146 cm³/mol. The van der Waals surface area contributed by atoms with Gasteiger partial charge in [0.2, 0.25) is 5.95 Å². The number of rotatable bonds is 6. The van der Waals surface area contributed by atoms with Gasteiger partial charge in [-0.3, -0.25) is 4.90 Å². The van der Waals surface area contributed by atoms with Crippen molar-refractivity contribution < 1.29 is 22.0 Å². The molecule has 3 aliphatic rings. The van der Waals surface area contributed by atoms with E-state index in [2.05, 4.69) is 42.0 Å². The van der Waals surface area contributed by atoms with Crippen molar-refractivity contribution in [2.24, 2.45) is 11.8 Å². The molecular formula is C29H29F5N8. The van der Waals surface area contributed by atoms with E-state index in [1.165, 1.54) is 6.07 Å². The number of alkyl halides is 3. The molecule has 0 aliphatic carbocycles. The minimum absolute atomic E-state index is 0.0146. The van der Waals surface area contributed by atoms with Crippen molar-refractivity contribution in [1.82, 2.24) is 34.3 Å². The van der Waals surface area contributed by atoms with Gasteiger partial charge < -0.3 is 14.8 Å². The number of aryl methyl sites for hydroxylation is 1. The minimum Gasteiger partial charge on any atom is -0.316 e. The molecule has 0 bridgehead atoms. The molecule has 0 saturated carbocycles. The van der Waals surface area contributed by atoms with Crippen LogP contribution in [0, 0.1) is 23.5 Å². The third kappa shape index (κ3) is 4.87. The quantitative estimate of drug-likeness (QED) is 0.307. The maximum atomic E-state index is 15.0. The van der Waals surface area contributed by atoms with Crippen molar-refractivity contribution in [3.8, 4) is 11.3 Å². The number of anilines is 2. The second-order valence-electron chi connectivity index (χ2n) is 11.5. The molecule has 7 rings (SSSR count). The van der Waals surface area contributed by atoms with Gasteiger partial charge in [-0.1, -0.05) is 13.0 Å². The summed E-state index contributed by atoms with van der Waals surface area (Å²) in [5, 5.41) is 2.94. The van der Waals surface area contributed by atoms with E-state index in [0.717, 1.165) is 73.5 Å². The Balaban J connectivity index is 1.09. The normalized spacial score (nSPS) is 22.7. The molecule has 6 heterocycles. The van der Waals surface area contributed by atoms with Crippen LogP contribution in [0.2, 0.25) is 0 Å². The van der Waals surface area contributed by atoms with Gasteiger partial charge in [0, 0.05) is 50.9 Å². The standard InChI is InChI=1S/C29H29F5N8/c1-2-40-12-18-14-41(15-19(18)13-40)11-16-3-5-24(35-9-16)37-28-36-10-21(31)26(39-28)17-7-20(30)27-22(8-17)42-23(29(32,33)34)4-6-25(42)38-27/h3,5,7-10,18-19,23H,2,4,6,11-15H2,1H3,(H,35,36,37,39). The van der Waals surface area contributed by atoms with Crippen LogP contribution in [0.25, 0.3) is 22.3 Å². The second kappa shape index (κ2) is 10.2. The Bertz CT molecular complexity index is 1620. The zero-order valence-corrected chi connectivity index (χ0v) is 22.9. The Morgan fingerprint density at radius 2 is 1.69 bits per heavy atom. The number of imidazole rings is 1. The van der Waals surface area contributed by atoms with Gasteiger partial charge in [0.15, 0.2) is 11.6 Å². The zero-order valence-electron chi connectivity index (χ0n) is 22.9. The lowest BCUT2D eigenvalue weighted by atomic mass is 10.0. The average molecular weight is 585 g/mol. The summed E-state index contributed by atoms with van der Waals surface area (Å²) in [6.45, 7) is 8.61. The summed E-state index contributed by atoms with van der Waals surface area (Å²) in [4.78, 5) is 21.7. The van der Waals surface area contributed by atoms with Gasteiger partial charge in [0.1, 0.15) is 28.9 Å². The summed E-state index contributed by atoms with van der Waals surface area (Å²) in [6.07, 6.45) is -1.91. The van der Waals surface area contributed by atoms with Crippen LogP contribution in [0.15, 0.2) is 36.7 Å². The lowest BCUT2D eigenvalue weighted by Crippen LogP contribution is -2.28. The first-order valence-corrected chi connectivity index (χ1v) is 14.1. The average Bonchev–Trinajstić information content (AvgIpc) is 3.70. The van der Waals surface area contributed by atoms with Crippen LogP contribution in [0.3, 0.4) is 0 Å². The van der Waals surface area contributed by atoms with Crippen LogP contribution in [0.5, 0.6) is 0 Å². The molecular weight excluding hydrogens is 555 g/mol. The fourth-order valence-electron chi connectivity index (χ4n) is 6.74. The van der Waals surface area contributed by atoms with E-state index < -0.39 is 23.9 Å². The number of aromatic nitrogens is 5.